The summed E-state index contributed by atoms with van der Waals surface area (Å²) in [4.78, 5) is 23.4. The molecule has 0 fully saturated rings. The molecule has 9 nitrogen and oxygen atoms in total. The molecule has 0 saturated heterocycles. The van der Waals surface area contributed by atoms with Crippen molar-refractivity contribution in [2.75, 3.05) is 26.9 Å². The molecule has 1 N–H and O–H groups in total. The summed E-state index contributed by atoms with van der Waals surface area (Å²) in [6, 6.07) is 19.9. The summed E-state index contributed by atoms with van der Waals surface area (Å²) in [5, 5.41) is 14.2. The lowest BCUT2D eigenvalue weighted by molar-refractivity contribution is -0.385. The van der Waals surface area contributed by atoms with E-state index in [4.69, 9.17) is 18.9 Å². The third kappa shape index (κ3) is 7.63. The Morgan fingerprint density at radius 2 is 1.61 bits per heavy atom. The van der Waals surface area contributed by atoms with Crippen molar-refractivity contribution in [3.05, 3.63) is 88.0 Å². The van der Waals surface area contributed by atoms with E-state index in [2.05, 4.69) is 5.32 Å². The number of benzene rings is 3. The first-order valence-corrected chi connectivity index (χ1v) is 11.7. The topological polar surface area (TPSA) is 109 Å². The standard InChI is InChI=1S/C27H30N2O7/c1-3-34-26-17-23(24(29(31)32)18-25(26)33-2)27(30)28-15-7-8-16-35-21-11-13-22(14-12-21)36-19-20-9-5-4-6-10-20/h4-6,9-14,17-18H,3,7-8,15-16,19H2,1-2H3,(H,28,30). The van der Waals surface area contributed by atoms with Crippen molar-refractivity contribution in [3.63, 3.8) is 0 Å². The van der Waals surface area contributed by atoms with Gasteiger partial charge in [0.15, 0.2) is 11.5 Å². The Bertz CT molecular complexity index is 1130. The van der Waals surface area contributed by atoms with Crippen LogP contribution >= 0.6 is 0 Å². The second kappa shape index (κ2) is 13.6. The first kappa shape index (κ1) is 26.3. The Morgan fingerprint density at radius 3 is 2.25 bits per heavy atom. The van der Waals surface area contributed by atoms with Gasteiger partial charge in [0.2, 0.25) is 0 Å². The summed E-state index contributed by atoms with van der Waals surface area (Å²) in [7, 11) is 1.39. The first-order chi connectivity index (χ1) is 17.5. The minimum atomic E-state index is -0.612. The van der Waals surface area contributed by atoms with Crippen LogP contribution in [0.2, 0.25) is 0 Å². The fourth-order valence-electron chi connectivity index (χ4n) is 3.40. The first-order valence-electron chi connectivity index (χ1n) is 11.7. The van der Waals surface area contributed by atoms with Gasteiger partial charge in [-0.15, -0.1) is 0 Å². The van der Waals surface area contributed by atoms with Crippen molar-refractivity contribution >= 4 is 11.6 Å². The van der Waals surface area contributed by atoms with Gasteiger partial charge in [0.05, 0.1) is 31.3 Å². The van der Waals surface area contributed by atoms with Gasteiger partial charge in [-0.2, -0.15) is 0 Å². The van der Waals surface area contributed by atoms with Gasteiger partial charge in [-0.1, -0.05) is 30.3 Å². The highest BCUT2D eigenvalue weighted by Crippen LogP contribution is 2.34. The quantitative estimate of drug-likeness (QED) is 0.187. The number of hydrogen-bond donors (Lipinski definition) is 1. The molecule has 9 heteroatoms. The molecule has 0 aliphatic carbocycles. The van der Waals surface area contributed by atoms with Crippen LogP contribution < -0.4 is 24.3 Å². The van der Waals surface area contributed by atoms with E-state index in [-0.39, 0.29) is 22.7 Å². The molecule has 0 aromatic heterocycles. The second-order valence-corrected chi connectivity index (χ2v) is 7.77. The zero-order valence-corrected chi connectivity index (χ0v) is 20.4. The molecule has 0 heterocycles. The third-order valence-electron chi connectivity index (χ3n) is 5.22. The molecule has 3 aromatic rings. The number of nitro groups is 1. The normalized spacial score (nSPS) is 10.4. The van der Waals surface area contributed by atoms with E-state index in [1.54, 1.807) is 6.92 Å². The summed E-state index contributed by atoms with van der Waals surface area (Å²) in [6.07, 6.45) is 1.34. The number of nitro benzene ring substituents is 1. The lowest BCUT2D eigenvalue weighted by Gasteiger charge is -2.12. The average molecular weight is 495 g/mol. The van der Waals surface area contributed by atoms with Crippen LogP contribution in [0.1, 0.15) is 35.7 Å². The Balaban J connectivity index is 1.41. The predicted molar refractivity (Wildman–Crippen MR) is 135 cm³/mol. The summed E-state index contributed by atoms with van der Waals surface area (Å²) < 4.78 is 22.1. The van der Waals surface area contributed by atoms with E-state index in [1.165, 1.54) is 19.2 Å². The van der Waals surface area contributed by atoms with E-state index in [0.29, 0.717) is 39.2 Å². The lowest BCUT2D eigenvalue weighted by Crippen LogP contribution is -2.25. The fourth-order valence-corrected chi connectivity index (χ4v) is 3.40. The zero-order valence-electron chi connectivity index (χ0n) is 20.4. The number of carbonyl (C=O) groups is 1. The van der Waals surface area contributed by atoms with Gasteiger partial charge < -0.3 is 24.3 Å². The van der Waals surface area contributed by atoms with Crippen LogP contribution in [0.25, 0.3) is 0 Å². The number of nitrogens with zero attached hydrogens (tertiary/aromatic N) is 1. The number of methoxy groups -OCH3 is 1. The van der Waals surface area contributed by atoms with Gasteiger partial charge in [-0.3, -0.25) is 14.9 Å². The molecule has 36 heavy (non-hydrogen) atoms. The van der Waals surface area contributed by atoms with Crippen molar-refractivity contribution in [3.8, 4) is 23.0 Å². The van der Waals surface area contributed by atoms with E-state index in [0.717, 1.165) is 17.1 Å². The molecule has 0 spiro atoms. The number of carbonyl (C=O) groups excluding carboxylic acids is 1. The molecule has 3 aromatic carbocycles. The van der Waals surface area contributed by atoms with Gasteiger partial charge in [-0.05, 0) is 49.6 Å². The number of unbranched alkanes of at least 4 members (excludes halogenated alkanes) is 1. The highest BCUT2D eigenvalue weighted by molar-refractivity contribution is 5.99. The monoisotopic (exact) mass is 494 g/mol. The summed E-state index contributed by atoms with van der Waals surface area (Å²) >= 11 is 0. The maximum atomic E-state index is 12.6. The second-order valence-electron chi connectivity index (χ2n) is 7.77. The molecule has 3 rings (SSSR count). The minimum Gasteiger partial charge on any atom is -0.494 e. The molecule has 0 radical (unpaired) electrons. The van der Waals surface area contributed by atoms with Gasteiger partial charge in [0, 0.05) is 12.6 Å². The highest BCUT2D eigenvalue weighted by atomic mass is 16.6. The van der Waals surface area contributed by atoms with E-state index in [1.807, 2.05) is 54.6 Å². The van der Waals surface area contributed by atoms with Crippen molar-refractivity contribution in [2.45, 2.75) is 26.4 Å². The number of rotatable bonds is 14. The summed E-state index contributed by atoms with van der Waals surface area (Å²) in [6.45, 7) is 3.42. The molecule has 0 aliphatic heterocycles. The van der Waals surface area contributed by atoms with Crippen molar-refractivity contribution in [1.29, 1.82) is 0 Å². The van der Waals surface area contributed by atoms with Crippen molar-refractivity contribution in [2.24, 2.45) is 0 Å². The number of hydrogen-bond acceptors (Lipinski definition) is 7. The van der Waals surface area contributed by atoms with Gasteiger partial charge in [0.25, 0.3) is 11.6 Å². The van der Waals surface area contributed by atoms with E-state index in [9.17, 15) is 14.9 Å². The highest BCUT2D eigenvalue weighted by Gasteiger charge is 2.24. The van der Waals surface area contributed by atoms with Crippen molar-refractivity contribution < 1.29 is 28.7 Å². The van der Waals surface area contributed by atoms with Crippen molar-refractivity contribution in [1.82, 2.24) is 5.32 Å². The van der Waals surface area contributed by atoms with Crippen LogP contribution in [-0.4, -0.2) is 37.7 Å². The fraction of sp³-hybridized carbons (Fsp3) is 0.296. The SMILES string of the molecule is CCOc1cc(C(=O)NCCCCOc2ccc(OCc3ccccc3)cc2)c([N+](=O)[O-])cc1OC. The van der Waals surface area contributed by atoms with E-state index < -0.39 is 10.8 Å². The lowest BCUT2D eigenvalue weighted by atomic mass is 10.1. The van der Waals surface area contributed by atoms with Crippen LogP contribution in [0.15, 0.2) is 66.7 Å². The zero-order chi connectivity index (χ0) is 25.8. The Labute approximate surface area is 210 Å². The Morgan fingerprint density at radius 1 is 0.917 bits per heavy atom. The van der Waals surface area contributed by atoms with Gasteiger partial charge >= 0.3 is 0 Å². The molecule has 0 unspecified atom stereocenters. The third-order valence-corrected chi connectivity index (χ3v) is 5.22. The van der Waals surface area contributed by atoms with Gasteiger partial charge in [0.1, 0.15) is 23.7 Å². The summed E-state index contributed by atoms with van der Waals surface area (Å²) in [5.41, 5.74) is 0.684. The molecule has 190 valence electrons. The molecule has 1 amide bonds. The molecule has 0 aliphatic rings. The molecular formula is C27H30N2O7. The summed E-state index contributed by atoms with van der Waals surface area (Å²) in [5.74, 6) is 1.42. The molecule has 0 saturated carbocycles. The Kier molecular flexibility index (Phi) is 9.93. The van der Waals surface area contributed by atoms with E-state index >= 15 is 0 Å². The average Bonchev–Trinajstić information content (AvgIpc) is 2.90. The minimum absolute atomic E-state index is 0.0740. The molecule has 0 atom stereocenters. The van der Waals surface area contributed by atoms with Crippen LogP contribution in [-0.2, 0) is 6.61 Å². The largest absolute Gasteiger partial charge is 0.494 e. The Hall–Kier alpha value is -4.27. The smallest absolute Gasteiger partial charge is 0.286 e. The van der Waals surface area contributed by atoms with Crippen LogP contribution in [0.5, 0.6) is 23.0 Å². The number of amides is 1. The molecular weight excluding hydrogens is 464 g/mol. The van der Waals surface area contributed by atoms with Crippen LogP contribution in [0.3, 0.4) is 0 Å². The predicted octanol–water partition coefficient (Wildman–Crippen LogP) is 5.17. The maximum Gasteiger partial charge on any atom is 0.286 e. The number of ether oxygens (including phenoxy) is 4. The van der Waals surface area contributed by atoms with Crippen LogP contribution in [0.4, 0.5) is 5.69 Å². The van der Waals surface area contributed by atoms with Crippen LogP contribution in [0, 0.1) is 10.1 Å². The molecule has 0 bridgehead atoms. The van der Waals surface area contributed by atoms with Gasteiger partial charge in [-0.25, -0.2) is 0 Å². The number of nitrogens with one attached hydrogen (secondary N) is 1. The maximum absolute atomic E-state index is 12.6.